The first-order valence-electron chi connectivity index (χ1n) is 4.93. The van der Waals surface area contributed by atoms with Crippen LogP contribution in [0.15, 0.2) is 30.4 Å². The normalized spacial score (nSPS) is 9.88. The van der Waals surface area contributed by atoms with Gasteiger partial charge in [0.1, 0.15) is 0 Å². The van der Waals surface area contributed by atoms with Crippen LogP contribution in [0.2, 0.25) is 0 Å². The van der Waals surface area contributed by atoms with Crippen molar-refractivity contribution in [3.63, 3.8) is 0 Å². The first-order valence-corrected chi connectivity index (χ1v) is 4.93. The minimum atomic E-state index is -1.04. The van der Waals surface area contributed by atoms with Gasteiger partial charge >= 0.3 is 5.97 Å². The van der Waals surface area contributed by atoms with E-state index in [1.165, 1.54) is 0 Å². The zero-order chi connectivity index (χ0) is 12.3. The second-order valence-corrected chi connectivity index (χ2v) is 3.80. The molecule has 3 nitrogen and oxygen atoms in total. The van der Waals surface area contributed by atoms with Gasteiger partial charge in [-0.3, -0.25) is 9.59 Å². The van der Waals surface area contributed by atoms with Crippen molar-refractivity contribution >= 4 is 11.8 Å². The SMILES string of the molecule is C=C(CC(=O)O)C(=O)c1ccc(C)c(C)c1. The molecule has 0 amide bonds. The van der Waals surface area contributed by atoms with E-state index in [-0.39, 0.29) is 17.8 Å². The van der Waals surface area contributed by atoms with Crippen molar-refractivity contribution in [3.05, 3.63) is 47.0 Å². The average molecular weight is 218 g/mol. The van der Waals surface area contributed by atoms with Gasteiger partial charge in [0.05, 0.1) is 6.42 Å². The van der Waals surface area contributed by atoms with Gasteiger partial charge in [0, 0.05) is 11.1 Å². The molecule has 0 saturated carbocycles. The lowest BCUT2D eigenvalue weighted by molar-refractivity contribution is -0.136. The van der Waals surface area contributed by atoms with Gasteiger partial charge in [0.25, 0.3) is 0 Å². The number of benzene rings is 1. The number of ketones is 1. The number of carbonyl (C=O) groups is 2. The van der Waals surface area contributed by atoms with Crippen molar-refractivity contribution in [3.8, 4) is 0 Å². The molecule has 3 heteroatoms. The van der Waals surface area contributed by atoms with E-state index >= 15 is 0 Å². The highest BCUT2D eigenvalue weighted by atomic mass is 16.4. The third-order valence-electron chi connectivity index (χ3n) is 2.45. The smallest absolute Gasteiger partial charge is 0.307 e. The van der Waals surface area contributed by atoms with Crippen LogP contribution in [0.5, 0.6) is 0 Å². The Morgan fingerprint density at radius 1 is 1.25 bits per heavy atom. The molecule has 0 aromatic heterocycles. The van der Waals surface area contributed by atoms with Gasteiger partial charge in [-0.1, -0.05) is 18.7 Å². The molecule has 0 atom stereocenters. The molecule has 0 radical (unpaired) electrons. The fourth-order valence-electron chi connectivity index (χ4n) is 1.35. The van der Waals surface area contributed by atoms with Crippen molar-refractivity contribution in [2.45, 2.75) is 20.3 Å². The van der Waals surface area contributed by atoms with E-state index < -0.39 is 5.97 Å². The number of hydrogen-bond acceptors (Lipinski definition) is 2. The van der Waals surface area contributed by atoms with Gasteiger partial charge in [-0.05, 0) is 31.0 Å². The maximum absolute atomic E-state index is 11.8. The standard InChI is InChI=1S/C13H14O3/c1-8-4-5-11(6-9(8)2)13(16)10(3)7-12(14)15/h4-6H,3,7H2,1-2H3,(H,14,15). The first-order chi connectivity index (χ1) is 7.41. The van der Waals surface area contributed by atoms with Crippen LogP contribution in [0.3, 0.4) is 0 Å². The van der Waals surface area contributed by atoms with E-state index in [0.29, 0.717) is 5.56 Å². The molecule has 1 rings (SSSR count). The Kier molecular flexibility index (Phi) is 3.61. The summed E-state index contributed by atoms with van der Waals surface area (Å²) in [6, 6.07) is 5.29. The quantitative estimate of drug-likeness (QED) is 0.624. The molecule has 0 heterocycles. The molecule has 0 unspecified atom stereocenters. The van der Waals surface area contributed by atoms with Gasteiger partial charge in [-0.25, -0.2) is 0 Å². The van der Waals surface area contributed by atoms with E-state index in [9.17, 15) is 9.59 Å². The molecule has 0 spiro atoms. The average Bonchev–Trinajstić information content (AvgIpc) is 2.20. The highest BCUT2D eigenvalue weighted by molar-refractivity contribution is 6.10. The van der Waals surface area contributed by atoms with Gasteiger partial charge in [0.15, 0.2) is 5.78 Å². The first kappa shape index (κ1) is 12.2. The Balaban J connectivity index is 2.92. The fourth-order valence-corrected chi connectivity index (χ4v) is 1.35. The zero-order valence-electron chi connectivity index (χ0n) is 9.41. The number of carboxylic acids is 1. The molecule has 0 fully saturated rings. The second kappa shape index (κ2) is 4.75. The van der Waals surface area contributed by atoms with E-state index in [4.69, 9.17) is 5.11 Å². The van der Waals surface area contributed by atoms with Crippen molar-refractivity contribution in [2.24, 2.45) is 0 Å². The molecular weight excluding hydrogens is 204 g/mol. The van der Waals surface area contributed by atoms with Crippen molar-refractivity contribution < 1.29 is 14.7 Å². The summed E-state index contributed by atoms with van der Waals surface area (Å²) in [4.78, 5) is 22.2. The third kappa shape index (κ3) is 2.79. The molecule has 0 aliphatic rings. The number of Topliss-reactive ketones (excluding diaryl/α,β-unsaturated/α-hetero) is 1. The molecule has 0 aliphatic carbocycles. The number of hydrogen-bond donors (Lipinski definition) is 1. The van der Waals surface area contributed by atoms with Crippen LogP contribution >= 0.6 is 0 Å². The van der Waals surface area contributed by atoms with Crippen LogP contribution in [0.25, 0.3) is 0 Å². The number of aliphatic carboxylic acids is 1. The molecule has 0 bridgehead atoms. The summed E-state index contributed by atoms with van der Waals surface area (Å²) in [5.41, 5.74) is 2.71. The molecule has 84 valence electrons. The molecule has 1 N–H and O–H groups in total. The molecule has 0 aliphatic heterocycles. The Morgan fingerprint density at radius 2 is 1.88 bits per heavy atom. The van der Waals surface area contributed by atoms with E-state index in [0.717, 1.165) is 11.1 Å². The number of rotatable bonds is 4. The maximum atomic E-state index is 11.8. The Morgan fingerprint density at radius 3 is 2.38 bits per heavy atom. The summed E-state index contributed by atoms with van der Waals surface area (Å²) in [5, 5.41) is 8.57. The Labute approximate surface area is 94.4 Å². The minimum absolute atomic E-state index is 0.107. The third-order valence-corrected chi connectivity index (χ3v) is 2.45. The fraction of sp³-hybridized carbons (Fsp3) is 0.231. The summed E-state index contributed by atoms with van der Waals surface area (Å²) in [6.45, 7) is 7.36. The van der Waals surface area contributed by atoms with Gasteiger partial charge in [-0.2, -0.15) is 0 Å². The van der Waals surface area contributed by atoms with E-state index in [1.807, 2.05) is 19.9 Å². The monoisotopic (exact) mass is 218 g/mol. The van der Waals surface area contributed by atoms with Crippen LogP contribution in [0.1, 0.15) is 27.9 Å². The molecule has 1 aromatic carbocycles. The number of carbonyl (C=O) groups excluding carboxylic acids is 1. The van der Waals surface area contributed by atoms with Crippen LogP contribution < -0.4 is 0 Å². The molecule has 16 heavy (non-hydrogen) atoms. The summed E-state index contributed by atoms with van der Waals surface area (Å²) < 4.78 is 0. The van der Waals surface area contributed by atoms with Crippen LogP contribution in [-0.2, 0) is 4.79 Å². The molecule has 0 saturated heterocycles. The zero-order valence-corrected chi connectivity index (χ0v) is 9.41. The Hall–Kier alpha value is -1.90. The van der Waals surface area contributed by atoms with Gasteiger partial charge in [-0.15, -0.1) is 0 Å². The van der Waals surface area contributed by atoms with Crippen LogP contribution in [0.4, 0.5) is 0 Å². The lowest BCUT2D eigenvalue weighted by atomic mass is 9.99. The summed E-state index contributed by atoms with van der Waals surface area (Å²) in [5.74, 6) is -1.34. The highest BCUT2D eigenvalue weighted by Crippen LogP contribution is 2.14. The lowest BCUT2D eigenvalue weighted by Crippen LogP contribution is -2.07. The summed E-state index contributed by atoms with van der Waals surface area (Å²) in [6.07, 6.45) is -0.314. The number of carboxylic acid groups (broad SMARTS) is 1. The summed E-state index contributed by atoms with van der Waals surface area (Å²) >= 11 is 0. The minimum Gasteiger partial charge on any atom is -0.481 e. The lowest BCUT2D eigenvalue weighted by Gasteiger charge is -2.05. The van der Waals surface area contributed by atoms with Crippen LogP contribution in [0, 0.1) is 13.8 Å². The maximum Gasteiger partial charge on any atom is 0.307 e. The number of aryl methyl sites for hydroxylation is 2. The second-order valence-electron chi connectivity index (χ2n) is 3.80. The van der Waals surface area contributed by atoms with Crippen LogP contribution in [-0.4, -0.2) is 16.9 Å². The van der Waals surface area contributed by atoms with Gasteiger partial charge in [0.2, 0.25) is 0 Å². The topological polar surface area (TPSA) is 54.4 Å². The largest absolute Gasteiger partial charge is 0.481 e. The van der Waals surface area contributed by atoms with Crippen molar-refractivity contribution in [2.75, 3.05) is 0 Å². The van der Waals surface area contributed by atoms with Crippen molar-refractivity contribution in [1.29, 1.82) is 0 Å². The molecular formula is C13H14O3. The van der Waals surface area contributed by atoms with Crippen molar-refractivity contribution in [1.82, 2.24) is 0 Å². The van der Waals surface area contributed by atoms with E-state index in [1.54, 1.807) is 12.1 Å². The predicted octanol–water partition coefficient (Wildman–Crippen LogP) is 2.52. The highest BCUT2D eigenvalue weighted by Gasteiger charge is 2.13. The molecule has 1 aromatic rings. The van der Waals surface area contributed by atoms with Gasteiger partial charge < -0.3 is 5.11 Å². The Bertz CT molecular complexity index is 458. The predicted molar refractivity (Wildman–Crippen MR) is 61.6 cm³/mol. The van der Waals surface area contributed by atoms with E-state index in [2.05, 4.69) is 6.58 Å². The summed E-state index contributed by atoms with van der Waals surface area (Å²) in [7, 11) is 0.